The minimum absolute atomic E-state index is 0. The average Bonchev–Trinajstić information content (AvgIpc) is 2.57. The van der Waals surface area contributed by atoms with Gasteiger partial charge in [0.05, 0.1) is 17.3 Å². The lowest BCUT2D eigenvalue weighted by atomic mass is 10.2. The number of alkyl carbamates (subject to hydrolysis) is 1. The average molecular weight is 510 g/mol. The molecular formula is C18H31IN4O3S. The highest BCUT2D eigenvalue weighted by Gasteiger charge is 2.15. The zero-order valence-corrected chi connectivity index (χ0v) is 19.6. The number of aliphatic imine (C=N–C) groups is 1. The molecule has 1 rings (SSSR count). The zero-order valence-electron chi connectivity index (χ0n) is 16.4. The second-order valence-corrected chi connectivity index (χ2v) is 8.05. The lowest BCUT2D eigenvalue weighted by Crippen LogP contribution is -2.42. The van der Waals surface area contributed by atoms with Crippen molar-refractivity contribution in [3.05, 3.63) is 30.3 Å². The van der Waals surface area contributed by atoms with Gasteiger partial charge in [-0.05, 0) is 39.8 Å². The van der Waals surface area contributed by atoms with Crippen LogP contribution in [0.15, 0.2) is 40.2 Å². The van der Waals surface area contributed by atoms with Crippen LogP contribution in [-0.2, 0) is 15.5 Å². The summed E-state index contributed by atoms with van der Waals surface area (Å²) in [6, 6.07) is 9.36. The third-order valence-electron chi connectivity index (χ3n) is 2.98. The number of rotatable bonds is 8. The Hall–Kier alpha value is -1.36. The first-order valence-electron chi connectivity index (χ1n) is 8.74. The van der Waals surface area contributed by atoms with Crippen LogP contribution >= 0.6 is 24.0 Å². The number of ether oxygens (including phenoxy) is 1. The summed E-state index contributed by atoms with van der Waals surface area (Å²) in [6.07, 6.45) is -0.445. The largest absolute Gasteiger partial charge is 0.444 e. The van der Waals surface area contributed by atoms with Crippen LogP contribution in [0.5, 0.6) is 0 Å². The Morgan fingerprint density at radius 3 is 2.33 bits per heavy atom. The number of hydrogen-bond acceptors (Lipinski definition) is 4. The van der Waals surface area contributed by atoms with E-state index in [0.29, 0.717) is 37.9 Å². The summed E-state index contributed by atoms with van der Waals surface area (Å²) in [7, 11) is -1.06. The van der Waals surface area contributed by atoms with Crippen LogP contribution in [0.4, 0.5) is 4.79 Å². The number of hydrogen-bond donors (Lipinski definition) is 3. The normalized spacial score (nSPS) is 12.5. The van der Waals surface area contributed by atoms with Gasteiger partial charge in [0.25, 0.3) is 0 Å². The van der Waals surface area contributed by atoms with E-state index in [1.165, 1.54) is 0 Å². The van der Waals surface area contributed by atoms with E-state index in [0.717, 1.165) is 4.90 Å². The van der Waals surface area contributed by atoms with Crippen LogP contribution in [0.2, 0.25) is 0 Å². The number of carbonyl (C=O) groups is 1. The van der Waals surface area contributed by atoms with Gasteiger partial charge in [0.2, 0.25) is 0 Å². The van der Waals surface area contributed by atoms with E-state index >= 15 is 0 Å². The predicted molar refractivity (Wildman–Crippen MR) is 121 cm³/mol. The fraction of sp³-hybridized carbons (Fsp3) is 0.556. The molecule has 27 heavy (non-hydrogen) atoms. The summed E-state index contributed by atoms with van der Waals surface area (Å²) in [4.78, 5) is 16.8. The number of nitrogens with one attached hydrogen (secondary N) is 3. The van der Waals surface area contributed by atoms with Crippen molar-refractivity contribution in [3.8, 4) is 0 Å². The van der Waals surface area contributed by atoms with Crippen molar-refractivity contribution in [3.63, 3.8) is 0 Å². The molecule has 0 aromatic heterocycles. The molecule has 3 N–H and O–H groups in total. The first-order valence-corrected chi connectivity index (χ1v) is 10.1. The van der Waals surface area contributed by atoms with Crippen molar-refractivity contribution >= 4 is 46.8 Å². The fourth-order valence-electron chi connectivity index (χ4n) is 1.93. The summed E-state index contributed by atoms with van der Waals surface area (Å²) < 4.78 is 17.3. The Balaban J connectivity index is 0.00000676. The maximum Gasteiger partial charge on any atom is 0.407 e. The van der Waals surface area contributed by atoms with Crippen molar-refractivity contribution in [1.29, 1.82) is 0 Å². The molecule has 9 heteroatoms. The van der Waals surface area contributed by atoms with Crippen LogP contribution in [0.3, 0.4) is 0 Å². The maximum atomic E-state index is 12.2. The number of nitrogens with zero attached hydrogens (tertiary/aromatic N) is 1. The third kappa shape index (κ3) is 12.6. The highest BCUT2D eigenvalue weighted by molar-refractivity contribution is 14.0. The van der Waals surface area contributed by atoms with E-state index < -0.39 is 22.5 Å². The van der Waals surface area contributed by atoms with Crippen LogP contribution in [0, 0.1) is 0 Å². The summed E-state index contributed by atoms with van der Waals surface area (Å²) in [5.41, 5.74) is -0.512. The van der Waals surface area contributed by atoms with Crippen LogP contribution in [0.25, 0.3) is 0 Å². The molecular weight excluding hydrogens is 479 g/mol. The molecule has 0 fully saturated rings. The summed E-state index contributed by atoms with van der Waals surface area (Å²) in [6.45, 7) is 9.50. The van der Waals surface area contributed by atoms with E-state index in [1.807, 2.05) is 58.0 Å². The molecule has 0 aliphatic carbocycles. The minimum Gasteiger partial charge on any atom is -0.444 e. The van der Waals surface area contributed by atoms with Crippen molar-refractivity contribution < 1.29 is 13.7 Å². The molecule has 0 saturated carbocycles. The second kappa shape index (κ2) is 13.8. The number of carbonyl (C=O) groups excluding carboxylic acids is 1. The second-order valence-electron chi connectivity index (χ2n) is 6.48. The highest BCUT2D eigenvalue weighted by Crippen LogP contribution is 2.06. The van der Waals surface area contributed by atoms with E-state index in [9.17, 15) is 9.00 Å². The van der Waals surface area contributed by atoms with Crippen molar-refractivity contribution in [1.82, 2.24) is 16.0 Å². The van der Waals surface area contributed by atoms with Gasteiger partial charge in [-0.2, -0.15) is 0 Å². The van der Waals surface area contributed by atoms with Gasteiger partial charge in [-0.15, -0.1) is 24.0 Å². The zero-order chi connectivity index (χ0) is 19.4. The van der Waals surface area contributed by atoms with Crippen LogP contribution < -0.4 is 16.0 Å². The molecule has 1 aromatic carbocycles. The van der Waals surface area contributed by atoms with Crippen molar-refractivity contribution in [2.45, 2.75) is 38.2 Å². The molecule has 0 aliphatic heterocycles. The van der Waals surface area contributed by atoms with Crippen molar-refractivity contribution in [2.75, 3.05) is 31.9 Å². The molecule has 1 amide bonds. The molecule has 0 spiro atoms. The van der Waals surface area contributed by atoms with Gasteiger partial charge in [0.1, 0.15) is 5.60 Å². The number of halogens is 1. The monoisotopic (exact) mass is 510 g/mol. The van der Waals surface area contributed by atoms with Gasteiger partial charge >= 0.3 is 6.09 Å². The summed E-state index contributed by atoms with van der Waals surface area (Å²) in [5.74, 6) is 1.08. The molecule has 154 valence electrons. The number of amides is 1. The fourth-order valence-corrected chi connectivity index (χ4v) is 2.89. The Morgan fingerprint density at radius 1 is 1.11 bits per heavy atom. The molecule has 0 radical (unpaired) electrons. The topological polar surface area (TPSA) is 91.8 Å². The van der Waals surface area contributed by atoms with E-state index in [-0.39, 0.29) is 24.0 Å². The van der Waals surface area contributed by atoms with Gasteiger partial charge < -0.3 is 20.7 Å². The quantitative estimate of drug-likeness (QED) is 0.216. The van der Waals surface area contributed by atoms with Gasteiger partial charge in [-0.3, -0.25) is 9.20 Å². The van der Waals surface area contributed by atoms with Crippen LogP contribution in [0.1, 0.15) is 27.7 Å². The molecule has 0 heterocycles. The van der Waals surface area contributed by atoms with Gasteiger partial charge in [-0.1, -0.05) is 18.2 Å². The third-order valence-corrected chi connectivity index (χ3v) is 4.33. The van der Waals surface area contributed by atoms with Gasteiger partial charge in [0.15, 0.2) is 5.96 Å². The number of guanidine groups is 1. The van der Waals surface area contributed by atoms with E-state index in [2.05, 4.69) is 20.9 Å². The van der Waals surface area contributed by atoms with E-state index in [4.69, 9.17) is 4.74 Å². The predicted octanol–water partition coefficient (Wildman–Crippen LogP) is 2.49. The Bertz CT molecular complexity index is 606. The maximum absolute atomic E-state index is 12.2. The van der Waals surface area contributed by atoms with Crippen LogP contribution in [-0.4, -0.2) is 53.8 Å². The minimum atomic E-state index is -1.06. The molecule has 0 saturated heterocycles. The summed E-state index contributed by atoms with van der Waals surface area (Å²) in [5, 5.41) is 8.92. The lowest BCUT2D eigenvalue weighted by Gasteiger charge is -2.19. The van der Waals surface area contributed by atoms with E-state index in [1.54, 1.807) is 0 Å². The molecule has 0 aliphatic rings. The standard InChI is InChI=1S/C18H30N4O3S.HI/c1-5-19-16(20-11-12-22-17(23)25-18(2,3)4)21-13-14-26(24)15-9-7-6-8-10-15;/h6-10H,5,11-14H2,1-4H3,(H,22,23)(H2,19,20,21);1H. The lowest BCUT2D eigenvalue weighted by molar-refractivity contribution is 0.0529. The van der Waals surface area contributed by atoms with Gasteiger partial charge in [-0.25, -0.2) is 4.79 Å². The molecule has 0 bridgehead atoms. The first-order chi connectivity index (χ1) is 12.3. The number of benzene rings is 1. The molecule has 1 atom stereocenters. The van der Waals surface area contributed by atoms with Gasteiger partial charge in [0, 0.05) is 30.3 Å². The summed E-state index contributed by atoms with van der Waals surface area (Å²) >= 11 is 0. The Kier molecular flexibility index (Phi) is 13.1. The highest BCUT2D eigenvalue weighted by atomic mass is 127. The SMILES string of the molecule is CCNC(=NCCS(=O)c1ccccc1)NCCNC(=O)OC(C)(C)C.I. The molecule has 1 aromatic rings. The molecule has 7 nitrogen and oxygen atoms in total. The van der Waals surface area contributed by atoms with Crippen molar-refractivity contribution in [2.24, 2.45) is 4.99 Å². The smallest absolute Gasteiger partial charge is 0.407 e. The first kappa shape index (κ1) is 25.6. The Labute approximate surface area is 181 Å². The molecule has 1 unspecified atom stereocenters. The Morgan fingerprint density at radius 2 is 1.74 bits per heavy atom.